The molecule has 0 aliphatic carbocycles. The first-order valence-electron chi connectivity index (χ1n) is 5.84. The second-order valence-electron chi connectivity index (χ2n) is 4.09. The Labute approximate surface area is 111 Å². The van der Waals surface area contributed by atoms with Crippen molar-refractivity contribution < 1.29 is 19.4 Å². The summed E-state index contributed by atoms with van der Waals surface area (Å²) < 4.78 is 4.89. The zero-order valence-corrected chi connectivity index (χ0v) is 11.0. The van der Waals surface area contributed by atoms with Gasteiger partial charge in [-0.05, 0) is 17.7 Å². The average Bonchev–Trinajstić information content (AvgIpc) is 2.37. The number of aromatic hydroxyl groups is 1. The Morgan fingerprint density at radius 1 is 1.32 bits per heavy atom. The molecule has 6 nitrogen and oxygen atoms in total. The highest BCUT2D eigenvalue weighted by molar-refractivity contribution is 5.86. The highest BCUT2D eigenvalue weighted by Crippen LogP contribution is 2.09. The molecule has 0 aliphatic rings. The summed E-state index contributed by atoms with van der Waals surface area (Å²) in [5.41, 5.74) is 0.852. The first-order valence-corrected chi connectivity index (χ1v) is 5.84. The van der Waals surface area contributed by atoms with Crippen molar-refractivity contribution in [3.8, 4) is 5.75 Å². The van der Waals surface area contributed by atoms with E-state index in [0.717, 1.165) is 5.56 Å². The summed E-state index contributed by atoms with van der Waals surface area (Å²) in [6, 6.07) is 5.79. The lowest BCUT2D eigenvalue weighted by atomic mass is 10.2. The summed E-state index contributed by atoms with van der Waals surface area (Å²) in [6.07, 6.45) is 0. The van der Waals surface area contributed by atoms with Crippen LogP contribution < -0.4 is 10.6 Å². The largest absolute Gasteiger partial charge is 0.508 e. The van der Waals surface area contributed by atoms with Crippen LogP contribution in [0.3, 0.4) is 0 Å². The Kier molecular flexibility index (Phi) is 5.81. The zero-order valence-electron chi connectivity index (χ0n) is 11.0. The molecule has 1 aromatic rings. The summed E-state index contributed by atoms with van der Waals surface area (Å²) in [6.45, 7) is 1.77. The molecule has 0 spiro atoms. The third-order valence-corrected chi connectivity index (χ3v) is 2.43. The highest BCUT2D eigenvalue weighted by atomic mass is 16.5. The Hall–Kier alpha value is -2.08. The van der Waals surface area contributed by atoms with Crippen LogP contribution >= 0.6 is 0 Å². The quantitative estimate of drug-likeness (QED) is 0.684. The van der Waals surface area contributed by atoms with Gasteiger partial charge in [0.1, 0.15) is 11.8 Å². The van der Waals surface area contributed by atoms with E-state index in [2.05, 4.69) is 10.6 Å². The first-order chi connectivity index (χ1) is 9.02. The predicted molar refractivity (Wildman–Crippen MR) is 69.4 cm³/mol. The number of benzene rings is 1. The van der Waals surface area contributed by atoms with Crippen molar-refractivity contribution in [3.63, 3.8) is 0 Å². The Bertz CT molecular complexity index is 431. The fourth-order valence-corrected chi connectivity index (χ4v) is 1.52. The van der Waals surface area contributed by atoms with Crippen LogP contribution in [0.25, 0.3) is 0 Å². The molecular formula is C13H18N2O4. The molecule has 0 radical (unpaired) electrons. The molecule has 19 heavy (non-hydrogen) atoms. The molecular weight excluding hydrogens is 248 g/mol. The van der Waals surface area contributed by atoms with Crippen molar-refractivity contribution in [3.05, 3.63) is 29.8 Å². The van der Waals surface area contributed by atoms with Crippen LogP contribution in [0.1, 0.15) is 12.5 Å². The second-order valence-corrected chi connectivity index (χ2v) is 4.09. The minimum Gasteiger partial charge on any atom is -0.508 e. The number of hydrogen-bond donors (Lipinski definition) is 3. The number of carbonyl (C=O) groups is 2. The van der Waals surface area contributed by atoms with Gasteiger partial charge in [0, 0.05) is 20.6 Å². The van der Waals surface area contributed by atoms with Gasteiger partial charge in [0.25, 0.3) is 0 Å². The van der Waals surface area contributed by atoms with Gasteiger partial charge in [-0.1, -0.05) is 12.1 Å². The van der Waals surface area contributed by atoms with Gasteiger partial charge in [-0.25, -0.2) is 0 Å². The van der Waals surface area contributed by atoms with Crippen molar-refractivity contribution in [1.29, 1.82) is 0 Å². The lowest BCUT2D eigenvalue weighted by molar-refractivity contribution is -0.129. The molecule has 1 rings (SSSR count). The molecule has 1 aromatic carbocycles. The minimum atomic E-state index is -0.709. The van der Waals surface area contributed by atoms with Crippen molar-refractivity contribution >= 4 is 11.8 Å². The number of rotatable bonds is 6. The van der Waals surface area contributed by atoms with Crippen LogP contribution in [0.2, 0.25) is 0 Å². The van der Waals surface area contributed by atoms with Crippen LogP contribution in [0, 0.1) is 0 Å². The maximum Gasteiger partial charge on any atom is 0.245 e. The van der Waals surface area contributed by atoms with Gasteiger partial charge in [-0.15, -0.1) is 0 Å². The molecule has 1 atom stereocenters. The molecule has 0 aliphatic heterocycles. The molecule has 104 valence electrons. The molecule has 1 unspecified atom stereocenters. The van der Waals surface area contributed by atoms with E-state index in [1.807, 2.05) is 0 Å². The van der Waals surface area contributed by atoms with Gasteiger partial charge < -0.3 is 20.5 Å². The number of phenolic OH excluding ortho intramolecular Hbond substituents is 1. The molecule has 3 N–H and O–H groups in total. The van der Waals surface area contributed by atoms with Gasteiger partial charge in [0.2, 0.25) is 11.8 Å². The van der Waals surface area contributed by atoms with E-state index < -0.39 is 6.04 Å². The third-order valence-electron chi connectivity index (χ3n) is 2.43. The van der Waals surface area contributed by atoms with E-state index in [4.69, 9.17) is 9.84 Å². The summed E-state index contributed by atoms with van der Waals surface area (Å²) in [5.74, 6) is -0.433. The maximum atomic E-state index is 11.9. The number of phenols is 1. The molecule has 0 heterocycles. The Balaban J connectivity index is 2.51. The zero-order chi connectivity index (χ0) is 14.3. The smallest absolute Gasteiger partial charge is 0.245 e. The summed E-state index contributed by atoms with van der Waals surface area (Å²) >= 11 is 0. The van der Waals surface area contributed by atoms with Crippen molar-refractivity contribution in [2.24, 2.45) is 0 Å². The Morgan fingerprint density at radius 3 is 2.47 bits per heavy atom. The van der Waals surface area contributed by atoms with E-state index >= 15 is 0 Å². The number of ether oxygens (including phenoxy) is 1. The fraction of sp³-hybridized carbons (Fsp3) is 0.385. The number of nitrogens with one attached hydrogen (secondary N) is 2. The average molecular weight is 266 g/mol. The highest BCUT2D eigenvalue weighted by Gasteiger charge is 2.18. The van der Waals surface area contributed by atoms with Gasteiger partial charge >= 0.3 is 0 Å². The van der Waals surface area contributed by atoms with Gasteiger partial charge in [-0.2, -0.15) is 0 Å². The van der Waals surface area contributed by atoms with Crippen molar-refractivity contribution in [1.82, 2.24) is 10.6 Å². The molecule has 0 aromatic heterocycles. The van der Waals surface area contributed by atoms with Gasteiger partial charge in [0.05, 0.1) is 6.61 Å². The normalized spacial score (nSPS) is 11.7. The monoisotopic (exact) mass is 266 g/mol. The van der Waals surface area contributed by atoms with E-state index in [1.54, 1.807) is 24.3 Å². The number of hydrogen-bond acceptors (Lipinski definition) is 4. The number of carbonyl (C=O) groups excluding carboxylic acids is 2. The van der Waals surface area contributed by atoms with Crippen LogP contribution in [0.4, 0.5) is 0 Å². The fourth-order valence-electron chi connectivity index (χ4n) is 1.52. The van der Waals surface area contributed by atoms with E-state index in [0.29, 0.717) is 6.54 Å². The molecule has 0 saturated heterocycles. The molecule has 2 amide bonds. The van der Waals surface area contributed by atoms with Crippen molar-refractivity contribution in [2.45, 2.75) is 19.5 Å². The lowest BCUT2D eigenvalue weighted by Crippen LogP contribution is -2.48. The van der Waals surface area contributed by atoms with Crippen LogP contribution in [-0.4, -0.2) is 36.7 Å². The third kappa shape index (κ3) is 5.39. The SMILES string of the molecule is COCC(NC(C)=O)C(=O)NCc1ccc(O)cc1. The minimum absolute atomic E-state index is 0.112. The second kappa shape index (κ2) is 7.38. The van der Waals surface area contributed by atoms with E-state index in [1.165, 1.54) is 14.0 Å². The summed E-state index contributed by atoms with van der Waals surface area (Å²) in [4.78, 5) is 22.8. The van der Waals surface area contributed by atoms with Crippen LogP contribution in [-0.2, 0) is 20.9 Å². The lowest BCUT2D eigenvalue weighted by Gasteiger charge is -2.16. The Morgan fingerprint density at radius 2 is 1.95 bits per heavy atom. The molecule has 0 saturated carbocycles. The van der Waals surface area contributed by atoms with E-state index in [-0.39, 0.29) is 24.2 Å². The molecule has 0 fully saturated rings. The number of methoxy groups -OCH3 is 1. The number of amides is 2. The summed E-state index contributed by atoms with van der Waals surface area (Å²) in [5, 5.41) is 14.3. The van der Waals surface area contributed by atoms with Crippen molar-refractivity contribution in [2.75, 3.05) is 13.7 Å². The predicted octanol–water partition coefficient (Wildman–Crippen LogP) is 0.160. The van der Waals surface area contributed by atoms with Crippen LogP contribution in [0.5, 0.6) is 5.75 Å². The summed E-state index contributed by atoms with van der Waals surface area (Å²) in [7, 11) is 1.46. The standard InChI is InChI=1S/C13H18N2O4/c1-9(16)15-12(8-19-2)13(18)14-7-10-3-5-11(17)6-4-10/h3-6,12,17H,7-8H2,1-2H3,(H,14,18)(H,15,16). The maximum absolute atomic E-state index is 11.9. The molecule has 6 heteroatoms. The first kappa shape index (κ1) is 15.0. The van der Waals surface area contributed by atoms with Gasteiger partial charge in [-0.3, -0.25) is 9.59 Å². The van der Waals surface area contributed by atoms with E-state index in [9.17, 15) is 9.59 Å². The van der Waals surface area contributed by atoms with Gasteiger partial charge in [0.15, 0.2) is 0 Å². The van der Waals surface area contributed by atoms with Crippen LogP contribution in [0.15, 0.2) is 24.3 Å². The molecule has 0 bridgehead atoms. The topological polar surface area (TPSA) is 87.7 Å².